The van der Waals surface area contributed by atoms with Crippen LogP contribution in [0.3, 0.4) is 0 Å². The predicted octanol–water partition coefficient (Wildman–Crippen LogP) is 2.49. The van der Waals surface area contributed by atoms with Gasteiger partial charge >= 0.3 is 6.03 Å². The number of likely N-dealkylation sites (N-methyl/N-ethyl adjacent to an activating group) is 1. The Morgan fingerprint density at radius 1 is 1.14 bits per heavy atom. The fraction of sp³-hybridized carbons (Fsp3) is 0.588. The molecule has 1 unspecified atom stereocenters. The maximum Gasteiger partial charge on any atom is 0.320 e. The average Bonchev–Trinajstić information content (AvgIpc) is 2.48. The highest BCUT2D eigenvalue weighted by Gasteiger charge is 2.21. The van der Waals surface area contributed by atoms with Crippen LogP contribution in [0.5, 0.6) is 5.75 Å². The molecule has 0 aliphatic carbocycles. The summed E-state index contributed by atoms with van der Waals surface area (Å²) in [7, 11) is 2.07. The predicted molar refractivity (Wildman–Crippen MR) is 88.2 cm³/mol. The summed E-state index contributed by atoms with van der Waals surface area (Å²) < 4.78 is 5.92. The van der Waals surface area contributed by atoms with Gasteiger partial charge < -0.3 is 19.9 Å². The maximum absolute atomic E-state index is 12.2. The van der Waals surface area contributed by atoms with Gasteiger partial charge in [-0.25, -0.2) is 4.79 Å². The topological polar surface area (TPSA) is 44.8 Å². The highest BCUT2D eigenvalue weighted by Crippen LogP contribution is 2.26. The van der Waals surface area contributed by atoms with E-state index in [4.69, 9.17) is 4.74 Å². The molecule has 1 aromatic rings. The zero-order chi connectivity index (χ0) is 16.1. The Morgan fingerprint density at radius 3 is 2.41 bits per heavy atom. The molecule has 5 nitrogen and oxygen atoms in total. The lowest BCUT2D eigenvalue weighted by Gasteiger charge is -2.33. The number of hydrogen-bond acceptors (Lipinski definition) is 3. The van der Waals surface area contributed by atoms with E-state index in [1.54, 1.807) is 0 Å². The van der Waals surface area contributed by atoms with Gasteiger partial charge in [-0.1, -0.05) is 32.0 Å². The molecular weight excluding hydrogens is 278 g/mol. The molecule has 1 aromatic carbocycles. The van der Waals surface area contributed by atoms with E-state index in [1.807, 2.05) is 30.0 Å². The van der Waals surface area contributed by atoms with Crippen molar-refractivity contribution in [2.75, 3.05) is 33.2 Å². The van der Waals surface area contributed by atoms with E-state index in [0.717, 1.165) is 37.5 Å². The molecule has 1 aliphatic heterocycles. The Balaban J connectivity index is 1.90. The van der Waals surface area contributed by atoms with Gasteiger partial charge in [-0.15, -0.1) is 0 Å². The second kappa shape index (κ2) is 7.49. The quantitative estimate of drug-likeness (QED) is 0.869. The molecule has 1 aliphatic rings. The zero-order valence-corrected chi connectivity index (χ0v) is 14.0. The second-order valence-electron chi connectivity index (χ2n) is 6.19. The van der Waals surface area contributed by atoms with Crippen LogP contribution < -0.4 is 10.1 Å². The molecule has 1 atom stereocenters. The van der Waals surface area contributed by atoms with E-state index in [-0.39, 0.29) is 12.3 Å². The van der Waals surface area contributed by atoms with Crippen molar-refractivity contribution >= 4 is 6.03 Å². The van der Waals surface area contributed by atoms with Crippen molar-refractivity contribution in [3.63, 3.8) is 0 Å². The van der Waals surface area contributed by atoms with Crippen LogP contribution in [0.25, 0.3) is 0 Å². The van der Waals surface area contributed by atoms with Crippen molar-refractivity contribution in [1.82, 2.24) is 15.1 Å². The SMILES string of the molecule is CC(NC(=O)N1CCN(C)CC1)Oc1ccccc1C(C)C. The van der Waals surface area contributed by atoms with Crippen LogP contribution in [-0.4, -0.2) is 55.3 Å². The van der Waals surface area contributed by atoms with Crippen LogP contribution in [0.2, 0.25) is 0 Å². The number of amides is 2. The van der Waals surface area contributed by atoms with Crippen LogP contribution >= 0.6 is 0 Å². The van der Waals surface area contributed by atoms with Gasteiger partial charge in [0, 0.05) is 26.2 Å². The monoisotopic (exact) mass is 305 g/mol. The van der Waals surface area contributed by atoms with Crippen molar-refractivity contribution in [2.45, 2.75) is 32.9 Å². The molecular formula is C17H27N3O2. The standard InChI is InChI=1S/C17H27N3O2/c1-13(2)15-7-5-6-8-16(15)22-14(3)18-17(21)20-11-9-19(4)10-12-20/h5-8,13-14H,9-12H2,1-4H3,(H,18,21). The Labute approximate surface area is 133 Å². The molecule has 2 rings (SSSR count). The van der Waals surface area contributed by atoms with Crippen LogP contribution in [0.4, 0.5) is 4.79 Å². The number of carbonyl (C=O) groups excluding carboxylic acids is 1. The lowest BCUT2D eigenvalue weighted by Crippen LogP contribution is -2.53. The Bertz CT molecular complexity index is 496. The lowest BCUT2D eigenvalue weighted by atomic mass is 10.0. The summed E-state index contributed by atoms with van der Waals surface area (Å²) >= 11 is 0. The number of nitrogens with one attached hydrogen (secondary N) is 1. The number of ether oxygens (including phenoxy) is 1. The maximum atomic E-state index is 12.2. The fourth-order valence-corrected chi connectivity index (χ4v) is 2.56. The number of nitrogens with zero attached hydrogens (tertiary/aromatic N) is 2. The molecule has 1 saturated heterocycles. The molecule has 0 spiro atoms. The number of benzene rings is 1. The first kappa shape index (κ1) is 16.6. The number of hydrogen-bond donors (Lipinski definition) is 1. The summed E-state index contributed by atoms with van der Waals surface area (Å²) in [4.78, 5) is 16.3. The third-order valence-electron chi connectivity index (χ3n) is 3.96. The van der Waals surface area contributed by atoms with E-state index in [0.29, 0.717) is 5.92 Å². The van der Waals surface area contributed by atoms with E-state index >= 15 is 0 Å². The van der Waals surface area contributed by atoms with Gasteiger partial charge in [-0.2, -0.15) is 0 Å². The van der Waals surface area contributed by atoms with Gasteiger partial charge in [0.15, 0.2) is 6.23 Å². The van der Waals surface area contributed by atoms with Crippen LogP contribution in [-0.2, 0) is 0 Å². The van der Waals surface area contributed by atoms with E-state index in [2.05, 4.69) is 37.2 Å². The summed E-state index contributed by atoms with van der Waals surface area (Å²) in [6.45, 7) is 9.49. The first-order valence-electron chi connectivity index (χ1n) is 7.97. The second-order valence-corrected chi connectivity index (χ2v) is 6.19. The minimum atomic E-state index is -0.355. The summed E-state index contributed by atoms with van der Waals surface area (Å²) in [6.07, 6.45) is -0.355. The van der Waals surface area contributed by atoms with Gasteiger partial charge in [-0.3, -0.25) is 0 Å². The average molecular weight is 305 g/mol. The van der Waals surface area contributed by atoms with Crippen LogP contribution in [0, 0.1) is 0 Å². The molecule has 1 fully saturated rings. The zero-order valence-electron chi connectivity index (χ0n) is 14.0. The minimum Gasteiger partial charge on any atom is -0.471 e. The smallest absolute Gasteiger partial charge is 0.320 e. The summed E-state index contributed by atoms with van der Waals surface area (Å²) in [5.41, 5.74) is 1.16. The summed E-state index contributed by atoms with van der Waals surface area (Å²) in [5.74, 6) is 1.22. The van der Waals surface area contributed by atoms with Gasteiger partial charge in [0.1, 0.15) is 5.75 Å². The van der Waals surface area contributed by atoms with E-state index in [9.17, 15) is 4.79 Å². The first-order valence-corrected chi connectivity index (χ1v) is 7.97. The number of urea groups is 1. The first-order chi connectivity index (χ1) is 10.5. The molecule has 5 heteroatoms. The Morgan fingerprint density at radius 2 is 1.77 bits per heavy atom. The van der Waals surface area contributed by atoms with Crippen molar-refractivity contribution in [3.8, 4) is 5.75 Å². The van der Waals surface area contributed by atoms with Crippen LogP contribution in [0.1, 0.15) is 32.3 Å². The third-order valence-corrected chi connectivity index (χ3v) is 3.96. The molecule has 22 heavy (non-hydrogen) atoms. The molecule has 0 radical (unpaired) electrons. The summed E-state index contributed by atoms with van der Waals surface area (Å²) in [5, 5.41) is 2.93. The van der Waals surface area contributed by atoms with Gasteiger partial charge in [0.25, 0.3) is 0 Å². The number of piperazine rings is 1. The number of carbonyl (C=O) groups is 1. The molecule has 122 valence electrons. The fourth-order valence-electron chi connectivity index (χ4n) is 2.56. The Kier molecular flexibility index (Phi) is 5.66. The van der Waals surface area contributed by atoms with Gasteiger partial charge in [-0.05, 0) is 31.5 Å². The molecule has 0 saturated carbocycles. The van der Waals surface area contributed by atoms with Crippen molar-refractivity contribution in [2.24, 2.45) is 0 Å². The molecule has 1 N–H and O–H groups in total. The van der Waals surface area contributed by atoms with E-state index in [1.165, 1.54) is 0 Å². The van der Waals surface area contributed by atoms with Gasteiger partial charge in [0.2, 0.25) is 0 Å². The normalized spacial score (nSPS) is 17.4. The molecule has 2 amide bonds. The van der Waals surface area contributed by atoms with Crippen molar-refractivity contribution < 1.29 is 9.53 Å². The van der Waals surface area contributed by atoms with Crippen molar-refractivity contribution in [1.29, 1.82) is 0 Å². The number of para-hydroxylation sites is 1. The van der Waals surface area contributed by atoms with E-state index < -0.39 is 0 Å². The Hall–Kier alpha value is -1.75. The molecule has 1 heterocycles. The molecule has 0 aromatic heterocycles. The number of rotatable bonds is 4. The molecule has 0 bridgehead atoms. The highest BCUT2D eigenvalue weighted by molar-refractivity contribution is 5.74. The van der Waals surface area contributed by atoms with Crippen molar-refractivity contribution in [3.05, 3.63) is 29.8 Å². The minimum absolute atomic E-state index is 0.0531. The summed E-state index contributed by atoms with van der Waals surface area (Å²) in [6, 6.07) is 7.93. The third kappa shape index (κ3) is 4.37. The lowest BCUT2D eigenvalue weighted by molar-refractivity contribution is 0.129. The van der Waals surface area contributed by atoms with Crippen LogP contribution in [0.15, 0.2) is 24.3 Å². The highest BCUT2D eigenvalue weighted by atomic mass is 16.5. The van der Waals surface area contributed by atoms with Gasteiger partial charge in [0.05, 0.1) is 0 Å². The largest absolute Gasteiger partial charge is 0.471 e.